The first-order valence-corrected chi connectivity index (χ1v) is 4.68. The molecule has 13 heavy (non-hydrogen) atoms. The summed E-state index contributed by atoms with van der Waals surface area (Å²) in [5.41, 5.74) is 1.29. The summed E-state index contributed by atoms with van der Waals surface area (Å²) in [6.07, 6.45) is 0. The molecule has 2 nitrogen and oxygen atoms in total. The van der Waals surface area contributed by atoms with Gasteiger partial charge < -0.3 is 4.74 Å². The van der Waals surface area contributed by atoms with Crippen molar-refractivity contribution in [1.82, 2.24) is 4.90 Å². The zero-order valence-electron chi connectivity index (χ0n) is 8.16. The highest BCUT2D eigenvalue weighted by Crippen LogP contribution is 2.23. The summed E-state index contributed by atoms with van der Waals surface area (Å²) in [6, 6.07) is 8.75. The molecule has 0 radical (unpaired) electrons. The van der Waals surface area contributed by atoms with E-state index >= 15 is 0 Å². The van der Waals surface area contributed by atoms with Crippen LogP contribution in [0.1, 0.15) is 12.5 Å². The maximum absolute atomic E-state index is 5.69. The Balaban J connectivity index is 2.29. The average molecular weight is 177 g/mol. The molecule has 1 aliphatic heterocycles. The highest BCUT2D eigenvalue weighted by Gasteiger charge is 2.17. The third-order valence-electron chi connectivity index (χ3n) is 2.62. The van der Waals surface area contributed by atoms with Crippen LogP contribution in [-0.4, -0.2) is 24.6 Å². The van der Waals surface area contributed by atoms with Gasteiger partial charge in [0.15, 0.2) is 0 Å². The fourth-order valence-electron chi connectivity index (χ4n) is 1.54. The van der Waals surface area contributed by atoms with Crippen LogP contribution in [0.3, 0.4) is 0 Å². The normalized spacial score (nSPS) is 23.1. The van der Waals surface area contributed by atoms with Crippen LogP contribution in [0.5, 0.6) is 5.75 Å². The molecule has 1 unspecified atom stereocenters. The quantitative estimate of drug-likeness (QED) is 0.600. The molecule has 0 saturated heterocycles. The van der Waals surface area contributed by atoms with Gasteiger partial charge in [-0.1, -0.05) is 18.2 Å². The Bertz CT molecular complexity index is 298. The number of hydrogen-bond donors (Lipinski definition) is 0. The summed E-state index contributed by atoms with van der Waals surface area (Å²) in [7, 11) is 2.14. The molecule has 70 valence electrons. The molecule has 1 atom stereocenters. The number of rotatable bonds is 0. The molecule has 0 aliphatic carbocycles. The number of likely N-dealkylation sites (N-methyl/N-ethyl adjacent to an activating group) is 1. The number of hydrogen-bond acceptors (Lipinski definition) is 2. The van der Waals surface area contributed by atoms with Crippen molar-refractivity contribution >= 4 is 0 Å². The molecule has 1 aromatic carbocycles. The zero-order chi connectivity index (χ0) is 9.26. The number of ether oxygens (including phenoxy) is 1. The maximum Gasteiger partial charge on any atom is 0.123 e. The van der Waals surface area contributed by atoms with Crippen molar-refractivity contribution < 1.29 is 4.74 Å². The largest absolute Gasteiger partial charge is 0.492 e. The van der Waals surface area contributed by atoms with E-state index < -0.39 is 0 Å². The monoisotopic (exact) mass is 177 g/mol. The Morgan fingerprint density at radius 3 is 3.00 bits per heavy atom. The molecule has 1 aromatic rings. The zero-order valence-corrected chi connectivity index (χ0v) is 8.16. The van der Waals surface area contributed by atoms with Crippen molar-refractivity contribution in [2.24, 2.45) is 0 Å². The summed E-state index contributed by atoms with van der Waals surface area (Å²) >= 11 is 0. The van der Waals surface area contributed by atoms with Crippen molar-refractivity contribution in [3.05, 3.63) is 29.8 Å². The van der Waals surface area contributed by atoms with Gasteiger partial charge in [0.2, 0.25) is 0 Å². The van der Waals surface area contributed by atoms with E-state index in [9.17, 15) is 0 Å². The van der Waals surface area contributed by atoms with Crippen LogP contribution in [-0.2, 0) is 6.54 Å². The molecule has 1 heterocycles. The third kappa shape index (κ3) is 1.68. The van der Waals surface area contributed by atoms with Gasteiger partial charge >= 0.3 is 0 Å². The molecule has 0 saturated carbocycles. The highest BCUT2D eigenvalue weighted by molar-refractivity contribution is 5.33. The second kappa shape index (κ2) is 3.38. The van der Waals surface area contributed by atoms with Crippen LogP contribution in [0.4, 0.5) is 0 Å². The lowest BCUT2D eigenvalue weighted by Crippen LogP contribution is -2.31. The predicted octanol–water partition coefficient (Wildman–Crippen LogP) is 1.90. The van der Waals surface area contributed by atoms with Gasteiger partial charge in [-0.15, -0.1) is 0 Å². The van der Waals surface area contributed by atoms with Gasteiger partial charge in [-0.3, -0.25) is 4.90 Å². The van der Waals surface area contributed by atoms with Gasteiger partial charge in [0.05, 0.1) is 0 Å². The number of fused-ring (bicyclic) bond motifs is 1. The van der Waals surface area contributed by atoms with Crippen molar-refractivity contribution in [2.45, 2.75) is 19.5 Å². The molecule has 0 bridgehead atoms. The van der Waals surface area contributed by atoms with Crippen molar-refractivity contribution in [2.75, 3.05) is 13.7 Å². The average Bonchev–Trinajstić information content (AvgIpc) is 2.28. The summed E-state index contributed by atoms with van der Waals surface area (Å²) in [5.74, 6) is 1.04. The molecule has 0 amide bonds. The molecule has 0 spiro atoms. The van der Waals surface area contributed by atoms with E-state index in [-0.39, 0.29) is 0 Å². The van der Waals surface area contributed by atoms with E-state index in [2.05, 4.69) is 31.0 Å². The minimum absolute atomic E-state index is 0.493. The summed E-state index contributed by atoms with van der Waals surface area (Å²) in [6.45, 7) is 3.96. The Morgan fingerprint density at radius 1 is 1.38 bits per heavy atom. The Morgan fingerprint density at radius 2 is 2.15 bits per heavy atom. The number of benzene rings is 1. The van der Waals surface area contributed by atoms with Crippen LogP contribution in [0.2, 0.25) is 0 Å². The fraction of sp³-hybridized carbons (Fsp3) is 0.455. The Labute approximate surface area is 79.1 Å². The summed E-state index contributed by atoms with van der Waals surface area (Å²) < 4.78 is 5.69. The van der Waals surface area contributed by atoms with E-state index in [1.807, 2.05) is 12.1 Å². The fourth-order valence-corrected chi connectivity index (χ4v) is 1.54. The molecular weight excluding hydrogens is 162 g/mol. The van der Waals surface area contributed by atoms with E-state index in [1.54, 1.807) is 0 Å². The van der Waals surface area contributed by atoms with E-state index in [0.29, 0.717) is 6.04 Å². The predicted molar refractivity (Wildman–Crippen MR) is 52.9 cm³/mol. The van der Waals surface area contributed by atoms with Gasteiger partial charge in [0.1, 0.15) is 12.4 Å². The molecule has 1 aliphatic rings. The lowest BCUT2D eigenvalue weighted by atomic mass is 10.2. The topological polar surface area (TPSA) is 12.5 Å². The van der Waals surface area contributed by atoms with E-state index in [4.69, 9.17) is 4.74 Å². The maximum atomic E-state index is 5.69. The van der Waals surface area contributed by atoms with Crippen LogP contribution in [0.15, 0.2) is 24.3 Å². The van der Waals surface area contributed by atoms with Gasteiger partial charge in [-0.2, -0.15) is 0 Å². The molecule has 0 N–H and O–H groups in total. The lowest BCUT2D eigenvalue weighted by Gasteiger charge is -2.19. The summed E-state index contributed by atoms with van der Waals surface area (Å²) in [5, 5.41) is 0. The smallest absolute Gasteiger partial charge is 0.123 e. The minimum Gasteiger partial charge on any atom is -0.492 e. The molecule has 2 heteroatoms. The van der Waals surface area contributed by atoms with Crippen LogP contribution in [0, 0.1) is 0 Å². The van der Waals surface area contributed by atoms with Crippen LogP contribution < -0.4 is 4.74 Å². The minimum atomic E-state index is 0.493. The number of nitrogens with zero attached hydrogens (tertiary/aromatic N) is 1. The molecular formula is C11H15NO. The van der Waals surface area contributed by atoms with Crippen molar-refractivity contribution in [3.8, 4) is 5.75 Å². The second-order valence-corrected chi connectivity index (χ2v) is 3.68. The molecule has 0 fully saturated rings. The van der Waals surface area contributed by atoms with Gasteiger partial charge in [-0.05, 0) is 20.0 Å². The Hall–Kier alpha value is -1.02. The SMILES string of the molecule is CC1COc2ccccc2CN1C. The van der Waals surface area contributed by atoms with Crippen LogP contribution in [0.25, 0.3) is 0 Å². The second-order valence-electron chi connectivity index (χ2n) is 3.68. The van der Waals surface area contributed by atoms with E-state index in [1.165, 1.54) is 5.56 Å². The van der Waals surface area contributed by atoms with Gasteiger partial charge in [-0.25, -0.2) is 0 Å². The van der Waals surface area contributed by atoms with Crippen LogP contribution >= 0.6 is 0 Å². The summed E-state index contributed by atoms with van der Waals surface area (Å²) in [4.78, 5) is 2.31. The van der Waals surface area contributed by atoms with Gasteiger partial charge in [0, 0.05) is 18.2 Å². The Kier molecular flexibility index (Phi) is 2.23. The third-order valence-corrected chi connectivity index (χ3v) is 2.62. The van der Waals surface area contributed by atoms with Crippen molar-refractivity contribution in [3.63, 3.8) is 0 Å². The van der Waals surface area contributed by atoms with Crippen molar-refractivity contribution in [1.29, 1.82) is 0 Å². The lowest BCUT2D eigenvalue weighted by molar-refractivity contribution is 0.189. The first-order valence-electron chi connectivity index (χ1n) is 4.68. The van der Waals surface area contributed by atoms with E-state index in [0.717, 1.165) is 18.9 Å². The number of para-hydroxylation sites is 1. The highest BCUT2D eigenvalue weighted by atomic mass is 16.5. The molecule has 0 aromatic heterocycles. The molecule has 2 rings (SSSR count). The first-order chi connectivity index (χ1) is 6.27. The van der Waals surface area contributed by atoms with Gasteiger partial charge in [0.25, 0.3) is 0 Å². The first kappa shape index (κ1) is 8.57. The standard InChI is InChI=1S/C11H15NO/c1-9-8-13-11-6-4-3-5-10(11)7-12(9)2/h3-6,9H,7-8H2,1-2H3.